The summed E-state index contributed by atoms with van der Waals surface area (Å²) in [4.78, 5) is 28.1. The molecule has 0 bridgehead atoms. The molecule has 0 radical (unpaired) electrons. The SMILES string of the molecule is C#C[C@H]1C#CC2N(C(C)C)C(=O)c3c(O)c(=O)c(-c4nnc(Cc5ccc(F)cc5F)s4)cn3N2CC1. The molecule has 11 heteroatoms. The molecule has 0 fully saturated rings. The monoisotopic (exact) mass is 521 g/mol. The van der Waals surface area contributed by atoms with Crippen molar-refractivity contribution in [3.63, 3.8) is 0 Å². The fourth-order valence-electron chi connectivity index (χ4n) is 4.42. The summed E-state index contributed by atoms with van der Waals surface area (Å²) in [5, 5.41) is 21.4. The molecule has 1 aromatic carbocycles. The fraction of sp³-hybridized carbons (Fsp3) is 0.308. The van der Waals surface area contributed by atoms with Crippen molar-refractivity contribution in [2.75, 3.05) is 11.6 Å². The molecule has 188 valence electrons. The molecular weight excluding hydrogens is 500 g/mol. The maximum absolute atomic E-state index is 14.1. The largest absolute Gasteiger partial charge is 0.502 e. The van der Waals surface area contributed by atoms with Crippen LogP contribution >= 0.6 is 11.3 Å². The first kappa shape index (κ1) is 24.5. The number of amides is 1. The van der Waals surface area contributed by atoms with Crippen LogP contribution in [0.1, 0.15) is 41.3 Å². The first-order valence-electron chi connectivity index (χ1n) is 11.5. The number of terminal acetylenes is 1. The second-order valence-electron chi connectivity index (χ2n) is 8.97. The Morgan fingerprint density at radius 2 is 2.05 bits per heavy atom. The summed E-state index contributed by atoms with van der Waals surface area (Å²) in [7, 11) is 0. The van der Waals surface area contributed by atoms with E-state index in [0.717, 1.165) is 23.5 Å². The maximum Gasteiger partial charge on any atom is 0.279 e. The van der Waals surface area contributed by atoms with Crippen molar-refractivity contribution in [2.45, 2.75) is 38.9 Å². The molecule has 3 aromatic rings. The van der Waals surface area contributed by atoms with Crippen molar-refractivity contribution in [1.82, 2.24) is 19.8 Å². The molecule has 8 nitrogen and oxygen atoms in total. The van der Waals surface area contributed by atoms with E-state index < -0.39 is 34.9 Å². The van der Waals surface area contributed by atoms with Gasteiger partial charge >= 0.3 is 0 Å². The normalized spacial score (nSPS) is 18.5. The predicted molar refractivity (Wildman–Crippen MR) is 133 cm³/mol. The van der Waals surface area contributed by atoms with E-state index in [1.165, 1.54) is 21.8 Å². The van der Waals surface area contributed by atoms with Gasteiger partial charge in [-0.1, -0.05) is 35.2 Å². The standard InChI is InChI=1S/C26H21F2N5O3S/c1-4-15-5-8-21-31(10-9-15)32-13-18(23(34)24(35)22(32)26(36)33(21)14(2)3)25-30-29-20(37-25)11-16-6-7-17(27)12-19(16)28/h1,6-7,12-15,21,35H,9-11H2,2-3H3/t15-,21?/m0/s1. The zero-order chi connectivity index (χ0) is 26.4. The number of aromatic hydroxyl groups is 1. The Bertz CT molecular complexity index is 1580. The number of nitrogens with zero attached hydrogens (tertiary/aromatic N) is 5. The summed E-state index contributed by atoms with van der Waals surface area (Å²) in [5.74, 6) is 5.83. The Labute approximate surface area is 215 Å². The van der Waals surface area contributed by atoms with Crippen LogP contribution in [-0.4, -0.2) is 49.5 Å². The van der Waals surface area contributed by atoms with Gasteiger partial charge in [-0.05, 0) is 31.9 Å². The number of carbonyl (C=O) groups is 1. The highest BCUT2D eigenvalue weighted by Crippen LogP contribution is 2.31. The van der Waals surface area contributed by atoms with Crippen molar-refractivity contribution in [1.29, 1.82) is 0 Å². The van der Waals surface area contributed by atoms with Gasteiger partial charge < -0.3 is 10.0 Å². The first-order chi connectivity index (χ1) is 17.7. The van der Waals surface area contributed by atoms with Crippen LogP contribution in [0.5, 0.6) is 5.75 Å². The molecule has 37 heavy (non-hydrogen) atoms. The molecule has 0 aliphatic carbocycles. The van der Waals surface area contributed by atoms with E-state index in [0.29, 0.717) is 18.0 Å². The van der Waals surface area contributed by atoms with E-state index >= 15 is 0 Å². The highest BCUT2D eigenvalue weighted by Gasteiger charge is 2.41. The van der Waals surface area contributed by atoms with Gasteiger partial charge in [0.1, 0.15) is 16.6 Å². The van der Waals surface area contributed by atoms with Crippen LogP contribution in [0, 0.1) is 41.7 Å². The summed E-state index contributed by atoms with van der Waals surface area (Å²) in [5.41, 5.74) is -0.694. The molecule has 5 rings (SSSR count). The van der Waals surface area contributed by atoms with Gasteiger partial charge in [0.15, 0.2) is 22.6 Å². The summed E-state index contributed by atoms with van der Waals surface area (Å²) >= 11 is 1.04. The first-order valence-corrected chi connectivity index (χ1v) is 12.3. The minimum Gasteiger partial charge on any atom is -0.502 e. The number of aromatic nitrogens is 3. The van der Waals surface area contributed by atoms with Crippen LogP contribution in [0.25, 0.3) is 10.6 Å². The molecule has 1 unspecified atom stereocenters. The lowest BCUT2D eigenvalue weighted by molar-refractivity contribution is 0.0561. The topological polar surface area (TPSA) is 91.6 Å². The van der Waals surface area contributed by atoms with Gasteiger partial charge in [0.05, 0.1) is 11.5 Å². The molecule has 2 aromatic heterocycles. The second kappa shape index (κ2) is 9.34. The fourth-order valence-corrected chi connectivity index (χ4v) is 5.29. The van der Waals surface area contributed by atoms with Crippen molar-refractivity contribution >= 4 is 17.2 Å². The third kappa shape index (κ3) is 4.21. The molecule has 4 heterocycles. The van der Waals surface area contributed by atoms with E-state index in [4.69, 9.17) is 6.42 Å². The van der Waals surface area contributed by atoms with Gasteiger partial charge in [0, 0.05) is 31.3 Å². The van der Waals surface area contributed by atoms with E-state index in [2.05, 4.69) is 28.0 Å². The van der Waals surface area contributed by atoms with Crippen molar-refractivity contribution < 1.29 is 18.7 Å². The number of hydrogen-bond donors (Lipinski definition) is 1. The van der Waals surface area contributed by atoms with Gasteiger partial charge in [-0.15, -0.1) is 16.6 Å². The molecule has 0 saturated carbocycles. The Morgan fingerprint density at radius 1 is 1.27 bits per heavy atom. The van der Waals surface area contributed by atoms with Gasteiger partial charge in [-0.3, -0.25) is 19.3 Å². The van der Waals surface area contributed by atoms with Crippen LogP contribution in [0.4, 0.5) is 8.78 Å². The quantitative estimate of drug-likeness (QED) is 0.531. The van der Waals surface area contributed by atoms with Crippen LogP contribution in [0.3, 0.4) is 0 Å². The lowest BCUT2D eigenvalue weighted by Crippen LogP contribution is -2.62. The third-order valence-electron chi connectivity index (χ3n) is 6.27. The average molecular weight is 522 g/mol. The van der Waals surface area contributed by atoms with E-state index in [1.807, 2.05) is 13.8 Å². The van der Waals surface area contributed by atoms with E-state index in [1.54, 1.807) is 5.01 Å². The van der Waals surface area contributed by atoms with Crippen LogP contribution in [0.15, 0.2) is 29.2 Å². The molecule has 2 atom stereocenters. The highest BCUT2D eigenvalue weighted by molar-refractivity contribution is 7.14. The minimum atomic E-state index is -0.778. The number of hydrogen-bond acceptors (Lipinski definition) is 7. The van der Waals surface area contributed by atoms with Crippen molar-refractivity contribution in [3.8, 4) is 40.5 Å². The molecule has 0 spiro atoms. The third-order valence-corrected chi connectivity index (χ3v) is 7.23. The molecule has 0 saturated heterocycles. The molecular formula is C26H21F2N5O3S. The molecule has 2 aliphatic heterocycles. The Hall–Kier alpha value is -4.22. The second-order valence-corrected chi connectivity index (χ2v) is 10.0. The van der Waals surface area contributed by atoms with Crippen LogP contribution < -0.4 is 10.4 Å². The van der Waals surface area contributed by atoms with Crippen LogP contribution in [-0.2, 0) is 6.42 Å². The Morgan fingerprint density at radius 3 is 2.76 bits per heavy atom. The predicted octanol–water partition coefficient (Wildman–Crippen LogP) is 2.73. The van der Waals surface area contributed by atoms with Gasteiger partial charge in [-0.2, -0.15) is 0 Å². The lowest BCUT2D eigenvalue weighted by Gasteiger charge is -2.45. The zero-order valence-electron chi connectivity index (χ0n) is 19.9. The van der Waals surface area contributed by atoms with E-state index in [-0.39, 0.29) is 40.2 Å². The number of benzene rings is 1. The Kier molecular flexibility index (Phi) is 6.18. The van der Waals surface area contributed by atoms with Crippen molar-refractivity contribution in [2.24, 2.45) is 5.92 Å². The number of pyridine rings is 1. The summed E-state index contributed by atoms with van der Waals surface area (Å²) in [6.07, 6.45) is 6.96. The minimum absolute atomic E-state index is 0.0276. The Balaban J connectivity index is 1.59. The highest BCUT2D eigenvalue weighted by atomic mass is 32.1. The number of halogens is 2. The molecule has 1 N–H and O–H groups in total. The maximum atomic E-state index is 14.1. The molecule has 2 aliphatic rings. The number of rotatable bonds is 4. The van der Waals surface area contributed by atoms with Crippen LogP contribution in [0.2, 0.25) is 0 Å². The summed E-state index contributed by atoms with van der Waals surface area (Å²) in [6, 6.07) is 2.99. The summed E-state index contributed by atoms with van der Waals surface area (Å²) in [6.45, 7) is 4.05. The van der Waals surface area contributed by atoms with Crippen molar-refractivity contribution in [3.05, 3.63) is 62.5 Å². The summed E-state index contributed by atoms with van der Waals surface area (Å²) < 4.78 is 28.8. The number of fused-ring (bicyclic) bond motifs is 3. The molecule has 1 amide bonds. The average Bonchev–Trinajstić information content (AvgIpc) is 3.21. The zero-order valence-corrected chi connectivity index (χ0v) is 20.7. The lowest BCUT2D eigenvalue weighted by atomic mass is 10.1. The van der Waals surface area contributed by atoms with Gasteiger partial charge in [-0.25, -0.2) is 8.78 Å². The number of carbonyl (C=O) groups excluding carboxylic acids is 1. The smallest absolute Gasteiger partial charge is 0.279 e. The van der Waals surface area contributed by atoms with Gasteiger partial charge in [0.2, 0.25) is 5.43 Å². The van der Waals surface area contributed by atoms with Gasteiger partial charge in [0.25, 0.3) is 5.91 Å². The van der Waals surface area contributed by atoms with E-state index in [9.17, 15) is 23.5 Å².